The third kappa shape index (κ3) is 3.91. The summed E-state index contributed by atoms with van der Waals surface area (Å²) in [7, 11) is 1.66. The van der Waals surface area contributed by atoms with Crippen LogP contribution >= 0.6 is 22.6 Å². The minimum absolute atomic E-state index is 0.0307. The van der Waals surface area contributed by atoms with Crippen LogP contribution in [0, 0.1) is 9.49 Å². The van der Waals surface area contributed by atoms with Gasteiger partial charge in [0.15, 0.2) is 5.78 Å². The van der Waals surface area contributed by atoms with Crippen molar-refractivity contribution in [3.63, 3.8) is 0 Å². The molecule has 0 aliphatic carbocycles. The van der Waals surface area contributed by atoms with Gasteiger partial charge in [-0.1, -0.05) is 19.1 Å². The lowest BCUT2D eigenvalue weighted by atomic mass is 9.97. The minimum Gasteiger partial charge on any atom is -0.385 e. The van der Waals surface area contributed by atoms with Crippen molar-refractivity contribution >= 4 is 28.4 Å². The van der Waals surface area contributed by atoms with E-state index in [1.54, 1.807) is 7.11 Å². The third-order valence-corrected chi connectivity index (χ3v) is 2.98. The van der Waals surface area contributed by atoms with Gasteiger partial charge in [-0.2, -0.15) is 0 Å². The van der Waals surface area contributed by atoms with E-state index in [9.17, 15) is 4.79 Å². The van der Waals surface area contributed by atoms with Crippen molar-refractivity contribution in [2.75, 3.05) is 13.7 Å². The predicted octanol–water partition coefficient (Wildman–Crippen LogP) is 3.15. The van der Waals surface area contributed by atoms with Crippen molar-refractivity contribution in [3.05, 3.63) is 33.4 Å². The zero-order valence-electron chi connectivity index (χ0n) is 9.00. The molecule has 2 nitrogen and oxygen atoms in total. The molecule has 0 saturated heterocycles. The monoisotopic (exact) mass is 318 g/mol. The van der Waals surface area contributed by atoms with Crippen LogP contribution in [0.1, 0.15) is 23.7 Å². The van der Waals surface area contributed by atoms with E-state index in [0.717, 1.165) is 15.6 Å². The first-order valence-corrected chi connectivity index (χ1v) is 6.01. The quantitative estimate of drug-likeness (QED) is 0.616. The van der Waals surface area contributed by atoms with Gasteiger partial charge in [-0.05, 0) is 41.1 Å². The second kappa shape index (κ2) is 6.23. The van der Waals surface area contributed by atoms with Crippen LogP contribution in [0.2, 0.25) is 0 Å². The zero-order valence-corrected chi connectivity index (χ0v) is 11.2. The molecule has 0 amide bonds. The zero-order chi connectivity index (χ0) is 11.3. The van der Waals surface area contributed by atoms with Crippen LogP contribution in [0.3, 0.4) is 0 Å². The molecule has 0 saturated carbocycles. The van der Waals surface area contributed by atoms with Crippen molar-refractivity contribution in [1.29, 1.82) is 0 Å². The Labute approximate surface area is 104 Å². The Hall–Kier alpha value is -0.420. The SMILES string of the molecule is COCCC(C)C(=O)c1cccc(I)c1. The fraction of sp³-hybridized carbons (Fsp3) is 0.417. The summed E-state index contributed by atoms with van der Waals surface area (Å²) in [6.07, 6.45) is 0.779. The van der Waals surface area contributed by atoms with E-state index in [-0.39, 0.29) is 11.7 Å². The summed E-state index contributed by atoms with van der Waals surface area (Å²) in [5, 5.41) is 0. The van der Waals surface area contributed by atoms with Gasteiger partial charge in [-0.25, -0.2) is 0 Å². The molecule has 1 aromatic carbocycles. The number of halogens is 1. The summed E-state index contributed by atoms with van der Waals surface area (Å²) in [6.45, 7) is 2.58. The minimum atomic E-state index is 0.0307. The molecule has 3 heteroatoms. The number of hydrogen-bond donors (Lipinski definition) is 0. The lowest BCUT2D eigenvalue weighted by Crippen LogP contribution is -2.13. The molecule has 0 aliphatic heterocycles. The van der Waals surface area contributed by atoms with Crippen molar-refractivity contribution in [2.24, 2.45) is 5.92 Å². The molecule has 1 unspecified atom stereocenters. The molecule has 0 spiro atoms. The van der Waals surface area contributed by atoms with Gasteiger partial charge >= 0.3 is 0 Å². The lowest BCUT2D eigenvalue weighted by Gasteiger charge is -2.09. The molecule has 0 N–H and O–H groups in total. The molecule has 0 bridgehead atoms. The van der Waals surface area contributed by atoms with Crippen LogP contribution in [-0.4, -0.2) is 19.5 Å². The van der Waals surface area contributed by atoms with E-state index in [4.69, 9.17) is 4.74 Å². The summed E-state index contributed by atoms with van der Waals surface area (Å²) in [5.74, 6) is 0.230. The van der Waals surface area contributed by atoms with Crippen molar-refractivity contribution in [2.45, 2.75) is 13.3 Å². The van der Waals surface area contributed by atoms with Crippen molar-refractivity contribution in [3.8, 4) is 0 Å². The number of ketones is 1. The Morgan fingerprint density at radius 1 is 1.53 bits per heavy atom. The number of carbonyl (C=O) groups excluding carboxylic acids is 1. The van der Waals surface area contributed by atoms with Gasteiger partial charge in [-0.3, -0.25) is 4.79 Å². The normalized spacial score (nSPS) is 12.5. The molecular weight excluding hydrogens is 303 g/mol. The Morgan fingerprint density at radius 2 is 2.27 bits per heavy atom. The Kier molecular flexibility index (Phi) is 5.25. The van der Waals surface area contributed by atoms with Gasteiger partial charge in [0.05, 0.1) is 0 Å². The van der Waals surface area contributed by atoms with Crippen LogP contribution < -0.4 is 0 Å². The number of carbonyl (C=O) groups is 1. The molecule has 1 rings (SSSR count). The van der Waals surface area contributed by atoms with Crippen LogP contribution in [0.5, 0.6) is 0 Å². The molecule has 1 atom stereocenters. The molecular formula is C12H15IO2. The van der Waals surface area contributed by atoms with Gasteiger partial charge in [0, 0.05) is 28.8 Å². The Morgan fingerprint density at radius 3 is 2.87 bits per heavy atom. The van der Waals surface area contributed by atoms with E-state index in [1.165, 1.54) is 0 Å². The fourth-order valence-electron chi connectivity index (χ4n) is 1.35. The summed E-state index contributed by atoms with van der Waals surface area (Å²) in [5.41, 5.74) is 0.797. The number of Topliss-reactive ketones (excluding diaryl/α,β-unsaturated/α-hetero) is 1. The predicted molar refractivity (Wildman–Crippen MR) is 69.1 cm³/mol. The molecule has 1 aromatic rings. The molecule has 0 aliphatic rings. The summed E-state index contributed by atoms with van der Waals surface area (Å²) in [4.78, 5) is 11.9. The number of ether oxygens (including phenoxy) is 1. The maximum Gasteiger partial charge on any atom is 0.165 e. The summed E-state index contributed by atoms with van der Waals surface area (Å²) in [6, 6.07) is 7.69. The van der Waals surface area contributed by atoms with E-state index in [1.807, 2.05) is 31.2 Å². The largest absolute Gasteiger partial charge is 0.385 e. The molecule has 0 heterocycles. The van der Waals surface area contributed by atoms with Crippen molar-refractivity contribution in [1.82, 2.24) is 0 Å². The molecule has 82 valence electrons. The van der Waals surface area contributed by atoms with E-state index in [0.29, 0.717) is 6.61 Å². The average Bonchev–Trinajstić information content (AvgIpc) is 2.24. The van der Waals surface area contributed by atoms with E-state index >= 15 is 0 Å². The molecule has 0 radical (unpaired) electrons. The van der Waals surface area contributed by atoms with Gasteiger partial charge in [0.1, 0.15) is 0 Å². The average molecular weight is 318 g/mol. The highest BCUT2D eigenvalue weighted by Gasteiger charge is 2.14. The van der Waals surface area contributed by atoms with Gasteiger partial charge in [-0.15, -0.1) is 0 Å². The maximum absolute atomic E-state index is 11.9. The number of benzene rings is 1. The van der Waals surface area contributed by atoms with E-state index in [2.05, 4.69) is 22.6 Å². The topological polar surface area (TPSA) is 26.3 Å². The highest BCUT2D eigenvalue weighted by Crippen LogP contribution is 2.14. The highest BCUT2D eigenvalue weighted by atomic mass is 127. The molecule has 0 fully saturated rings. The first-order valence-electron chi connectivity index (χ1n) is 4.94. The van der Waals surface area contributed by atoms with Crippen LogP contribution in [0.25, 0.3) is 0 Å². The Balaban J connectivity index is 2.67. The molecule has 0 aromatic heterocycles. The highest BCUT2D eigenvalue weighted by molar-refractivity contribution is 14.1. The number of hydrogen-bond acceptors (Lipinski definition) is 2. The van der Waals surface area contributed by atoms with Crippen LogP contribution in [0.15, 0.2) is 24.3 Å². The van der Waals surface area contributed by atoms with Gasteiger partial charge in [0.2, 0.25) is 0 Å². The fourth-order valence-corrected chi connectivity index (χ4v) is 1.90. The smallest absolute Gasteiger partial charge is 0.165 e. The first-order chi connectivity index (χ1) is 7.15. The van der Waals surface area contributed by atoms with Gasteiger partial charge in [0.25, 0.3) is 0 Å². The number of rotatable bonds is 5. The van der Waals surface area contributed by atoms with Crippen LogP contribution in [-0.2, 0) is 4.74 Å². The second-order valence-corrected chi connectivity index (χ2v) is 4.80. The van der Waals surface area contributed by atoms with Gasteiger partial charge < -0.3 is 4.74 Å². The summed E-state index contributed by atoms with van der Waals surface area (Å²) >= 11 is 2.21. The second-order valence-electron chi connectivity index (χ2n) is 3.56. The van der Waals surface area contributed by atoms with Crippen molar-refractivity contribution < 1.29 is 9.53 Å². The summed E-state index contributed by atoms with van der Waals surface area (Å²) < 4.78 is 6.06. The molecule has 15 heavy (non-hydrogen) atoms. The standard InChI is InChI=1S/C12H15IO2/c1-9(6-7-15-2)12(14)10-4-3-5-11(13)8-10/h3-5,8-9H,6-7H2,1-2H3. The lowest BCUT2D eigenvalue weighted by molar-refractivity contribution is 0.0893. The van der Waals surface area contributed by atoms with E-state index < -0.39 is 0 Å². The Bertz CT molecular complexity index is 336. The first kappa shape index (κ1) is 12.6. The third-order valence-electron chi connectivity index (χ3n) is 2.31. The van der Waals surface area contributed by atoms with Crippen LogP contribution in [0.4, 0.5) is 0 Å². The number of methoxy groups -OCH3 is 1. The maximum atomic E-state index is 11.9.